The van der Waals surface area contributed by atoms with E-state index in [-0.39, 0.29) is 11.9 Å². The monoisotopic (exact) mass is 313 g/mol. The molecule has 2 rings (SSSR count). The van der Waals surface area contributed by atoms with Crippen molar-refractivity contribution in [3.05, 3.63) is 59.8 Å². The summed E-state index contributed by atoms with van der Waals surface area (Å²) in [5.41, 5.74) is 1.36. The minimum Gasteiger partial charge on any atom is -0.388 e. The van der Waals surface area contributed by atoms with Crippen LogP contribution in [0.4, 0.5) is 5.82 Å². The molecule has 0 bridgehead atoms. The van der Waals surface area contributed by atoms with Gasteiger partial charge in [0.2, 0.25) is 0 Å². The average molecular weight is 313 g/mol. The first-order chi connectivity index (χ1) is 11.0. The number of nitrogens with zero attached hydrogens (tertiary/aromatic N) is 2. The number of aliphatic hydroxyl groups excluding tert-OH is 1. The molecule has 2 unspecified atom stereocenters. The van der Waals surface area contributed by atoms with Crippen LogP contribution < -0.4 is 10.2 Å². The minimum atomic E-state index is -0.597. The summed E-state index contributed by atoms with van der Waals surface area (Å²) in [5, 5.41) is 13.1. The fourth-order valence-electron chi connectivity index (χ4n) is 2.30. The molecule has 0 fully saturated rings. The molecule has 23 heavy (non-hydrogen) atoms. The maximum absolute atomic E-state index is 12.2. The number of carbonyl (C=O) groups is 1. The molecular formula is C18H23N3O2. The fourth-order valence-corrected chi connectivity index (χ4v) is 2.30. The lowest BCUT2D eigenvalue weighted by molar-refractivity contribution is 0.0916. The Hall–Kier alpha value is -2.40. The number of aliphatic hydroxyl groups is 1. The second kappa shape index (κ2) is 7.74. The maximum atomic E-state index is 12.2. The van der Waals surface area contributed by atoms with Crippen molar-refractivity contribution < 1.29 is 9.90 Å². The quantitative estimate of drug-likeness (QED) is 0.859. The molecule has 0 spiro atoms. The number of benzene rings is 1. The van der Waals surface area contributed by atoms with Gasteiger partial charge in [0.15, 0.2) is 0 Å². The Labute approximate surface area is 137 Å². The van der Waals surface area contributed by atoms with Crippen molar-refractivity contribution in [2.75, 3.05) is 19.0 Å². The van der Waals surface area contributed by atoms with Crippen molar-refractivity contribution in [2.24, 2.45) is 0 Å². The Kier molecular flexibility index (Phi) is 5.71. The average Bonchev–Trinajstić information content (AvgIpc) is 2.55. The van der Waals surface area contributed by atoms with Crippen molar-refractivity contribution in [1.29, 1.82) is 0 Å². The third kappa shape index (κ3) is 4.79. The molecule has 1 aromatic heterocycles. The second-order valence-corrected chi connectivity index (χ2v) is 5.84. The number of anilines is 1. The Morgan fingerprint density at radius 3 is 2.48 bits per heavy atom. The highest BCUT2D eigenvalue weighted by atomic mass is 16.3. The first kappa shape index (κ1) is 17.0. The molecule has 2 atom stereocenters. The van der Waals surface area contributed by atoms with Gasteiger partial charge in [0.05, 0.1) is 11.7 Å². The molecule has 2 aromatic rings. The molecule has 1 amide bonds. The second-order valence-electron chi connectivity index (χ2n) is 5.84. The molecule has 0 radical (unpaired) electrons. The van der Waals surface area contributed by atoms with Gasteiger partial charge in [-0.1, -0.05) is 30.3 Å². The molecular weight excluding hydrogens is 290 g/mol. The van der Waals surface area contributed by atoms with Crippen LogP contribution in [-0.2, 0) is 0 Å². The van der Waals surface area contributed by atoms with E-state index in [9.17, 15) is 9.90 Å². The van der Waals surface area contributed by atoms with Gasteiger partial charge in [0, 0.05) is 26.3 Å². The van der Waals surface area contributed by atoms with Gasteiger partial charge in [-0.3, -0.25) is 4.79 Å². The number of hydrogen-bond donors (Lipinski definition) is 2. The zero-order valence-electron chi connectivity index (χ0n) is 13.7. The van der Waals surface area contributed by atoms with Crippen LogP contribution in [-0.4, -0.2) is 36.1 Å². The summed E-state index contributed by atoms with van der Waals surface area (Å²) in [4.78, 5) is 18.3. The maximum Gasteiger partial charge on any atom is 0.253 e. The first-order valence-corrected chi connectivity index (χ1v) is 7.64. The molecule has 0 saturated heterocycles. The van der Waals surface area contributed by atoms with Crippen LogP contribution in [0.25, 0.3) is 0 Å². The third-order valence-corrected chi connectivity index (χ3v) is 3.61. The molecule has 122 valence electrons. The van der Waals surface area contributed by atoms with E-state index in [2.05, 4.69) is 10.3 Å². The van der Waals surface area contributed by atoms with Gasteiger partial charge >= 0.3 is 0 Å². The molecule has 1 heterocycles. The van der Waals surface area contributed by atoms with Crippen molar-refractivity contribution >= 4 is 11.7 Å². The normalized spacial score (nSPS) is 13.2. The first-order valence-electron chi connectivity index (χ1n) is 7.64. The number of nitrogens with one attached hydrogen (secondary N) is 1. The van der Waals surface area contributed by atoms with Crippen LogP contribution in [0.15, 0.2) is 48.7 Å². The zero-order chi connectivity index (χ0) is 16.8. The highest BCUT2D eigenvalue weighted by molar-refractivity contribution is 5.94. The zero-order valence-corrected chi connectivity index (χ0v) is 13.7. The fraction of sp³-hybridized carbons (Fsp3) is 0.333. The summed E-state index contributed by atoms with van der Waals surface area (Å²) in [6, 6.07) is 12.8. The topological polar surface area (TPSA) is 65.5 Å². The van der Waals surface area contributed by atoms with Gasteiger partial charge in [0.1, 0.15) is 5.82 Å². The van der Waals surface area contributed by atoms with Crippen LogP contribution in [0.2, 0.25) is 0 Å². The van der Waals surface area contributed by atoms with Gasteiger partial charge < -0.3 is 15.3 Å². The summed E-state index contributed by atoms with van der Waals surface area (Å²) in [5.74, 6) is 0.615. The minimum absolute atomic E-state index is 0.147. The van der Waals surface area contributed by atoms with E-state index in [1.54, 1.807) is 18.3 Å². The van der Waals surface area contributed by atoms with Crippen LogP contribution >= 0.6 is 0 Å². The number of rotatable bonds is 6. The number of aromatic nitrogens is 1. The van der Waals surface area contributed by atoms with Gasteiger partial charge in [-0.25, -0.2) is 4.98 Å². The summed E-state index contributed by atoms with van der Waals surface area (Å²) < 4.78 is 0. The summed E-state index contributed by atoms with van der Waals surface area (Å²) in [7, 11) is 3.80. The van der Waals surface area contributed by atoms with Crippen LogP contribution in [0.1, 0.15) is 35.4 Å². The van der Waals surface area contributed by atoms with E-state index < -0.39 is 6.10 Å². The largest absolute Gasteiger partial charge is 0.388 e. The predicted octanol–water partition coefficient (Wildman–Crippen LogP) is 2.39. The van der Waals surface area contributed by atoms with E-state index in [4.69, 9.17) is 0 Å². The molecule has 5 heteroatoms. The summed E-state index contributed by atoms with van der Waals surface area (Å²) in [6.45, 7) is 1.88. The molecule has 0 aliphatic rings. The van der Waals surface area contributed by atoms with Crippen molar-refractivity contribution in [2.45, 2.75) is 25.5 Å². The number of hydrogen-bond acceptors (Lipinski definition) is 4. The Balaban J connectivity index is 1.91. The summed E-state index contributed by atoms with van der Waals surface area (Å²) >= 11 is 0. The predicted molar refractivity (Wildman–Crippen MR) is 91.5 cm³/mol. The SMILES string of the molecule is CC(CC(O)c1ccccc1)NC(=O)c1ccc(N(C)C)nc1. The van der Waals surface area contributed by atoms with Gasteiger partial charge in [-0.2, -0.15) is 0 Å². The van der Waals surface area contributed by atoms with Gasteiger partial charge in [-0.05, 0) is 31.0 Å². The number of pyridine rings is 1. The Morgan fingerprint density at radius 1 is 1.22 bits per heavy atom. The van der Waals surface area contributed by atoms with Gasteiger partial charge in [0.25, 0.3) is 5.91 Å². The smallest absolute Gasteiger partial charge is 0.253 e. The number of amides is 1. The lowest BCUT2D eigenvalue weighted by atomic mass is 10.0. The standard InChI is InChI=1S/C18H23N3O2/c1-13(11-16(22)14-7-5-4-6-8-14)20-18(23)15-9-10-17(19-12-15)21(2)3/h4-10,12-13,16,22H,11H2,1-3H3,(H,20,23). The molecule has 5 nitrogen and oxygen atoms in total. The Morgan fingerprint density at radius 2 is 1.91 bits per heavy atom. The van der Waals surface area contributed by atoms with E-state index in [0.717, 1.165) is 11.4 Å². The molecule has 1 aromatic carbocycles. The van der Waals surface area contributed by atoms with Crippen LogP contribution in [0, 0.1) is 0 Å². The molecule has 2 N–H and O–H groups in total. The summed E-state index contributed by atoms with van der Waals surface area (Å²) in [6.07, 6.45) is 1.42. The molecule has 0 aliphatic heterocycles. The number of carbonyl (C=O) groups excluding carboxylic acids is 1. The van der Waals surface area contributed by atoms with Crippen LogP contribution in [0.5, 0.6) is 0 Å². The molecule has 0 aliphatic carbocycles. The van der Waals surface area contributed by atoms with Crippen molar-refractivity contribution in [3.8, 4) is 0 Å². The lowest BCUT2D eigenvalue weighted by Gasteiger charge is -2.18. The van der Waals surface area contributed by atoms with E-state index in [1.165, 1.54) is 0 Å². The van der Waals surface area contributed by atoms with E-state index >= 15 is 0 Å². The third-order valence-electron chi connectivity index (χ3n) is 3.61. The highest BCUT2D eigenvalue weighted by Gasteiger charge is 2.15. The van der Waals surface area contributed by atoms with Crippen LogP contribution in [0.3, 0.4) is 0 Å². The lowest BCUT2D eigenvalue weighted by Crippen LogP contribution is -2.33. The van der Waals surface area contributed by atoms with E-state index in [1.807, 2.05) is 56.3 Å². The van der Waals surface area contributed by atoms with E-state index in [0.29, 0.717) is 12.0 Å². The Bertz CT molecular complexity index is 626. The highest BCUT2D eigenvalue weighted by Crippen LogP contribution is 2.18. The molecule has 0 saturated carbocycles. The van der Waals surface area contributed by atoms with Crippen molar-refractivity contribution in [3.63, 3.8) is 0 Å². The van der Waals surface area contributed by atoms with Crippen molar-refractivity contribution in [1.82, 2.24) is 10.3 Å². The van der Waals surface area contributed by atoms with Gasteiger partial charge in [-0.15, -0.1) is 0 Å².